The minimum atomic E-state index is 0.0398. The van der Waals surface area contributed by atoms with Crippen LogP contribution >= 0.6 is 0 Å². The molecule has 2 aliphatic rings. The van der Waals surface area contributed by atoms with Crippen LogP contribution in [-0.2, 0) is 4.74 Å². The molecular formula is C26H28N6O3. The van der Waals surface area contributed by atoms with E-state index in [1.807, 2.05) is 41.3 Å². The quantitative estimate of drug-likeness (QED) is 0.407. The molecule has 0 atom stereocenters. The molecule has 4 heterocycles. The van der Waals surface area contributed by atoms with Crippen LogP contribution in [0.5, 0.6) is 0 Å². The highest BCUT2D eigenvalue weighted by atomic mass is 16.5. The van der Waals surface area contributed by atoms with Crippen LogP contribution in [-0.4, -0.2) is 81.9 Å². The van der Waals surface area contributed by atoms with Crippen molar-refractivity contribution in [2.45, 2.75) is 18.8 Å². The monoisotopic (exact) mass is 472 g/mol. The fourth-order valence-corrected chi connectivity index (χ4v) is 4.69. The normalized spacial score (nSPS) is 16.8. The number of hydrogen-bond donors (Lipinski definition) is 0. The van der Waals surface area contributed by atoms with Crippen molar-refractivity contribution in [1.29, 1.82) is 0 Å². The number of methoxy groups -OCH3 is 1. The number of furan rings is 1. The van der Waals surface area contributed by atoms with Crippen molar-refractivity contribution in [3.05, 3.63) is 60.0 Å². The molecule has 0 bridgehead atoms. The Kier molecular flexibility index (Phi) is 5.79. The molecule has 9 nitrogen and oxygen atoms in total. The van der Waals surface area contributed by atoms with E-state index in [4.69, 9.17) is 14.1 Å². The van der Waals surface area contributed by atoms with Crippen LogP contribution in [0, 0.1) is 0 Å². The molecule has 35 heavy (non-hydrogen) atoms. The number of amides is 1. The lowest BCUT2D eigenvalue weighted by atomic mass is 10.1. The zero-order valence-corrected chi connectivity index (χ0v) is 19.8. The summed E-state index contributed by atoms with van der Waals surface area (Å²) in [5, 5.41) is 5.61. The first kappa shape index (κ1) is 21.9. The van der Waals surface area contributed by atoms with Gasteiger partial charge in [-0.3, -0.25) is 9.69 Å². The number of hydrogen-bond acceptors (Lipinski definition) is 7. The standard InChI is InChI=1S/C26H28N6O3/c1-34-15-14-30-10-12-31(13-11-30)25(33)20-17-28-32(24(20)18-6-7-18)26-27-9-8-21(29-26)23-16-19-4-2-3-5-22(19)35-23/h2-5,8-9,16-18H,6-7,10-15H2,1H3. The number of rotatable bonds is 7. The number of ether oxygens (including phenoxy) is 1. The van der Waals surface area contributed by atoms with Crippen LogP contribution in [0.15, 0.2) is 53.2 Å². The van der Waals surface area contributed by atoms with E-state index in [1.165, 1.54) is 0 Å². The number of para-hydroxylation sites is 1. The molecule has 4 aromatic rings. The summed E-state index contributed by atoms with van der Waals surface area (Å²) in [5.41, 5.74) is 3.08. The second kappa shape index (κ2) is 9.24. The van der Waals surface area contributed by atoms with Gasteiger partial charge in [0, 0.05) is 57.3 Å². The Bertz CT molecular complexity index is 1320. The molecule has 0 spiro atoms. The molecule has 1 aliphatic heterocycles. The number of piperazine rings is 1. The van der Waals surface area contributed by atoms with Crippen LogP contribution in [0.2, 0.25) is 0 Å². The van der Waals surface area contributed by atoms with Crippen LogP contribution in [0.3, 0.4) is 0 Å². The van der Waals surface area contributed by atoms with E-state index in [1.54, 1.807) is 24.2 Å². The van der Waals surface area contributed by atoms with E-state index in [0.29, 0.717) is 48.6 Å². The summed E-state index contributed by atoms with van der Waals surface area (Å²) >= 11 is 0. The fourth-order valence-electron chi connectivity index (χ4n) is 4.69. The molecule has 3 aromatic heterocycles. The predicted molar refractivity (Wildman–Crippen MR) is 131 cm³/mol. The van der Waals surface area contributed by atoms with Crippen LogP contribution in [0.1, 0.15) is 34.8 Å². The average molecular weight is 473 g/mol. The second-order valence-corrected chi connectivity index (χ2v) is 9.15. The molecule has 9 heteroatoms. The highest BCUT2D eigenvalue weighted by molar-refractivity contribution is 5.95. The lowest BCUT2D eigenvalue weighted by Gasteiger charge is -2.34. The first-order valence-corrected chi connectivity index (χ1v) is 12.1. The Balaban J connectivity index is 1.27. The lowest BCUT2D eigenvalue weighted by Crippen LogP contribution is -2.49. The van der Waals surface area contributed by atoms with Crippen LogP contribution in [0.4, 0.5) is 0 Å². The van der Waals surface area contributed by atoms with Crippen LogP contribution in [0.25, 0.3) is 28.4 Å². The second-order valence-electron chi connectivity index (χ2n) is 9.15. The Labute approximate surface area is 203 Å². The zero-order chi connectivity index (χ0) is 23.8. The number of fused-ring (bicyclic) bond motifs is 1. The van der Waals surface area contributed by atoms with Crippen molar-refractivity contribution in [3.8, 4) is 17.4 Å². The van der Waals surface area contributed by atoms with Crippen molar-refractivity contribution in [1.82, 2.24) is 29.5 Å². The van der Waals surface area contributed by atoms with Gasteiger partial charge in [0.05, 0.1) is 24.1 Å². The number of benzene rings is 1. The van der Waals surface area contributed by atoms with Gasteiger partial charge in [0.1, 0.15) is 11.3 Å². The molecule has 0 unspecified atom stereocenters. The number of aromatic nitrogens is 4. The van der Waals surface area contributed by atoms with Crippen LogP contribution < -0.4 is 0 Å². The van der Waals surface area contributed by atoms with E-state index in [2.05, 4.69) is 15.0 Å². The van der Waals surface area contributed by atoms with E-state index in [9.17, 15) is 4.79 Å². The van der Waals surface area contributed by atoms with E-state index in [0.717, 1.165) is 49.1 Å². The Morgan fingerprint density at radius 3 is 2.74 bits per heavy atom. The first-order chi connectivity index (χ1) is 17.2. The molecule has 1 aromatic carbocycles. The smallest absolute Gasteiger partial charge is 0.257 e. The summed E-state index contributed by atoms with van der Waals surface area (Å²) in [6.45, 7) is 4.71. The predicted octanol–water partition coefficient (Wildman–Crippen LogP) is 3.36. The lowest BCUT2D eigenvalue weighted by molar-refractivity contribution is 0.0593. The molecule has 0 N–H and O–H groups in total. The minimum Gasteiger partial charge on any atom is -0.454 e. The van der Waals surface area contributed by atoms with Gasteiger partial charge in [-0.25, -0.2) is 14.6 Å². The van der Waals surface area contributed by atoms with Gasteiger partial charge in [0.25, 0.3) is 11.9 Å². The highest BCUT2D eigenvalue weighted by Gasteiger charge is 2.35. The van der Waals surface area contributed by atoms with Crippen molar-refractivity contribution in [2.75, 3.05) is 46.4 Å². The van der Waals surface area contributed by atoms with Crippen molar-refractivity contribution in [3.63, 3.8) is 0 Å². The van der Waals surface area contributed by atoms with Gasteiger partial charge in [-0.05, 0) is 31.0 Å². The average Bonchev–Trinajstić information content (AvgIpc) is 3.49. The van der Waals surface area contributed by atoms with Gasteiger partial charge in [-0.15, -0.1) is 0 Å². The van der Waals surface area contributed by atoms with Gasteiger partial charge in [-0.2, -0.15) is 5.10 Å². The zero-order valence-electron chi connectivity index (χ0n) is 19.8. The van der Waals surface area contributed by atoms with Gasteiger partial charge in [-0.1, -0.05) is 18.2 Å². The summed E-state index contributed by atoms with van der Waals surface area (Å²) in [7, 11) is 1.72. The summed E-state index contributed by atoms with van der Waals surface area (Å²) in [6, 6.07) is 11.7. The minimum absolute atomic E-state index is 0.0398. The summed E-state index contributed by atoms with van der Waals surface area (Å²) in [5.74, 6) is 1.47. The number of nitrogens with zero attached hydrogens (tertiary/aromatic N) is 6. The van der Waals surface area contributed by atoms with Gasteiger partial charge >= 0.3 is 0 Å². The number of carbonyl (C=O) groups excluding carboxylic acids is 1. The molecular weight excluding hydrogens is 444 g/mol. The Morgan fingerprint density at radius 2 is 1.97 bits per heavy atom. The maximum absolute atomic E-state index is 13.5. The van der Waals surface area contributed by atoms with E-state index < -0.39 is 0 Å². The number of carbonyl (C=O) groups is 1. The topological polar surface area (TPSA) is 89.5 Å². The van der Waals surface area contributed by atoms with Crippen molar-refractivity contribution in [2.24, 2.45) is 0 Å². The molecule has 6 rings (SSSR count). The molecule has 0 radical (unpaired) electrons. The molecule has 1 amide bonds. The maximum atomic E-state index is 13.5. The molecule has 1 aliphatic carbocycles. The van der Waals surface area contributed by atoms with E-state index in [-0.39, 0.29) is 5.91 Å². The van der Waals surface area contributed by atoms with Crippen molar-refractivity contribution >= 4 is 16.9 Å². The molecule has 1 saturated heterocycles. The third kappa shape index (κ3) is 4.33. The SMILES string of the molecule is COCCN1CCN(C(=O)c2cnn(-c3nccc(-c4cc5ccccc5o4)n3)c2C2CC2)CC1. The van der Waals surface area contributed by atoms with Gasteiger partial charge in [0.2, 0.25) is 0 Å². The fraction of sp³-hybridized carbons (Fsp3) is 0.385. The Hall–Kier alpha value is -3.56. The third-order valence-corrected chi connectivity index (χ3v) is 6.78. The first-order valence-electron chi connectivity index (χ1n) is 12.1. The molecule has 2 fully saturated rings. The maximum Gasteiger partial charge on any atom is 0.257 e. The van der Waals surface area contributed by atoms with Gasteiger partial charge in [0.15, 0.2) is 5.76 Å². The molecule has 1 saturated carbocycles. The van der Waals surface area contributed by atoms with Gasteiger partial charge < -0.3 is 14.1 Å². The summed E-state index contributed by atoms with van der Waals surface area (Å²) in [4.78, 5) is 27.0. The summed E-state index contributed by atoms with van der Waals surface area (Å²) in [6.07, 6.45) is 5.48. The van der Waals surface area contributed by atoms with E-state index >= 15 is 0 Å². The Morgan fingerprint density at radius 1 is 1.14 bits per heavy atom. The van der Waals surface area contributed by atoms with Crippen molar-refractivity contribution < 1.29 is 13.9 Å². The third-order valence-electron chi connectivity index (χ3n) is 6.78. The summed E-state index contributed by atoms with van der Waals surface area (Å²) < 4.78 is 12.9. The highest BCUT2D eigenvalue weighted by Crippen LogP contribution is 2.42. The largest absolute Gasteiger partial charge is 0.454 e. The molecule has 180 valence electrons.